The maximum absolute atomic E-state index is 12.4. The number of hydrogen-bond acceptors (Lipinski definition) is 4. The maximum Gasteiger partial charge on any atom is 0.241 e. The van der Waals surface area contributed by atoms with Crippen molar-refractivity contribution in [3.63, 3.8) is 0 Å². The van der Waals surface area contributed by atoms with E-state index in [-0.39, 0.29) is 10.9 Å². The van der Waals surface area contributed by atoms with E-state index in [0.717, 1.165) is 18.7 Å². The van der Waals surface area contributed by atoms with Crippen molar-refractivity contribution >= 4 is 26.0 Å². The van der Waals surface area contributed by atoms with Gasteiger partial charge in [-0.05, 0) is 66.5 Å². The quantitative estimate of drug-likeness (QED) is 0.792. The van der Waals surface area contributed by atoms with Crippen LogP contribution in [0.4, 0.5) is 0 Å². The number of sulfonamides is 1. The lowest BCUT2D eigenvalue weighted by atomic mass is 10.2. The van der Waals surface area contributed by atoms with E-state index < -0.39 is 10.0 Å². The van der Waals surface area contributed by atoms with E-state index in [1.165, 1.54) is 12.8 Å². The van der Waals surface area contributed by atoms with Crippen LogP contribution in [0.25, 0.3) is 0 Å². The summed E-state index contributed by atoms with van der Waals surface area (Å²) in [6.07, 6.45) is 2.39. The molecule has 1 aliphatic heterocycles. The molecular formula is C14H22BrN3O2S. The molecule has 1 fully saturated rings. The molecule has 0 saturated carbocycles. The molecule has 0 radical (unpaired) electrons. The number of nitrogens with zero attached hydrogens (tertiary/aromatic N) is 1. The van der Waals surface area contributed by atoms with E-state index in [4.69, 9.17) is 5.73 Å². The molecule has 1 aromatic rings. The van der Waals surface area contributed by atoms with Crippen LogP contribution >= 0.6 is 15.9 Å². The minimum atomic E-state index is -3.53. The van der Waals surface area contributed by atoms with E-state index in [2.05, 4.69) is 32.5 Å². The van der Waals surface area contributed by atoms with Crippen molar-refractivity contribution in [3.05, 3.63) is 28.2 Å². The van der Waals surface area contributed by atoms with Crippen LogP contribution in [0.3, 0.4) is 0 Å². The van der Waals surface area contributed by atoms with Crippen LogP contribution in [0.5, 0.6) is 0 Å². The summed E-state index contributed by atoms with van der Waals surface area (Å²) < 4.78 is 28.1. The van der Waals surface area contributed by atoms with Crippen molar-refractivity contribution in [2.24, 2.45) is 5.73 Å². The van der Waals surface area contributed by atoms with Gasteiger partial charge in [0.15, 0.2) is 0 Å². The van der Waals surface area contributed by atoms with Crippen LogP contribution in [0, 0.1) is 0 Å². The fourth-order valence-corrected chi connectivity index (χ4v) is 4.63. The molecule has 1 atom stereocenters. The second-order valence-corrected chi connectivity index (χ2v) is 8.00. The molecule has 0 spiro atoms. The molecule has 118 valence electrons. The molecule has 3 N–H and O–H groups in total. The van der Waals surface area contributed by atoms with Gasteiger partial charge in [-0.3, -0.25) is 4.90 Å². The first kappa shape index (κ1) is 16.9. The fourth-order valence-electron chi connectivity index (χ4n) is 2.50. The number of benzene rings is 1. The van der Waals surface area contributed by atoms with Gasteiger partial charge >= 0.3 is 0 Å². The van der Waals surface area contributed by atoms with Crippen LogP contribution in [0.1, 0.15) is 25.3 Å². The largest absolute Gasteiger partial charge is 0.326 e. The van der Waals surface area contributed by atoms with Gasteiger partial charge in [0.2, 0.25) is 10.0 Å². The van der Waals surface area contributed by atoms with Crippen LogP contribution in [0.15, 0.2) is 27.6 Å². The lowest BCUT2D eigenvalue weighted by Crippen LogP contribution is -2.40. The van der Waals surface area contributed by atoms with Gasteiger partial charge < -0.3 is 5.73 Å². The van der Waals surface area contributed by atoms with E-state index in [0.29, 0.717) is 17.6 Å². The Morgan fingerprint density at radius 1 is 1.38 bits per heavy atom. The Bertz CT molecular complexity index is 586. The molecule has 7 heteroatoms. The Hall–Kier alpha value is -0.470. The highest BCUT2D eigenvalue weighted by atomic mass is 79.9. The van der Waals surface area contributed by atoms with Crippen molar-refractivity contribution in [3.8, 4) is 0 Å². The SMILES string of the molecule is CC(CNS(=O)(=O)c1cc(CN)ccc1Br)N1CCCC1. The van der Waals surface area contributed by atoms with Crippen molar-refractivity contribution in [2.75, 3.05) is 19.6 Å². The smallest absolute Gasteiger partial charge is 0.241 e. The topological polar surface area (TPSA) is 75.4 Å². The highest BCUT2D eigenvalue weighted by Gasteiger charge is 2.22. The zero-order valence-electron chi connectivity index (χ0n) is 12.2. The van der Waals surface area contributed by atoms with Crippen molar-refractivity contribution in [1.29, 1.82) is 0 Å². The van der Waals surface area contributed by atoms with Gasteiger partial charge in [-0.2, -0.15) is 0 Å². The highest BCUT2D eigenvalue weighted by Crippen LogP contribution is 2.23. The molecule has 2 rings (SSSR count). The monoisotopic (exact) mass is 375 g/mol. The molecular weight excluding hydrogens is 354 g/mol. The predicted octanol–water partition coefficient (Wildman–Crippen LogP) is 1.67. The summed E-state index contributed by atoms with van der Waals surface area (Å²) in [6, 6.07) is 5.36. The van der Waals surface area contributed by atoms with E-state index >= 15 is 0 Å². The molecule has 21 heavy (non-hydrogen) atoms. The Kier molecular flexibility index (Phi) is 5.79. The molecule has 1 aromatic carbocycles. The number of hydrogen-bond donors (Lipinski definition) is 2. The van der Waals surface area contributed by atoms with Gasteiger partial charge in [-0.15, -0.1) is 0 Å². The number of halogens is 1. The Morgan fingerprint density at radius 2 is 2.05 bits per heavy atom. The third kappa shape index (κ3) is 4.26. The van der Waals surface area contributed by atoms with Crippen molar-refractivity contribution in [1.82, 2.24) is 9.62 Å². The second kappa shape index (κ2) is 7.19. The summed E-state index contributed by atoms with van der Waals surface area (Å²) in [5.41, 5.74) is 6.38. The van der Waals surface area contributed by atoms with Gasteiger partial charge in [0, 0.05) is 23.6 Å². The van der Waals surface area contributed by atoms with E-state index in [1.54, 1.807) is 12.1 Å². The summed E-state index contributed by atoms with van der Waals surface area (Å²) >= 11 is 3.30. The molecule has 0 aliphatic carbocycles. The molecule has 1 saturated heterocycles. The first-order valence-electron chi connectivity index (χ1n) is 7.16. The molecule has 0 bridgehead atoms. The Balaban J connectivity index is 2.07. The average Bonchev–Trinajstić information content (AvgIpc) is 2.99. The minimum Gasteiger partial charge on any atom is -0.326 e. The third-order valence-corrected chi connectivity index (χ3v) is 6.27. The van der Waals surface area contributed by atoms with Crippen LogP contribution < -0.4 is 10.5 Å². The summed E-state index contributed by atoms with van der Waals surface area (Å²) in [5, 5.41) is 0. The zero-order chi connectivity index (χ0) is 15.5. The molecule has 1 heterocycles. The van der Waals surface area contributed by atoms with Gasteiger partial charge in [-0.25, -0.2) is 13.1 Å². The summed E-state index contributed by atoms with van der Waals surface area (Å²) in [7, 11) is -3.53. The summed E-state index contributed by atoms with van der Waals surface area (Å²) in [6.45, 7) is 4.89. The number of nitrogens with one attached hydrogen (secondary N) is 1. The lowest BCUT2D eigenvalue weighted by Gasteiger charge is -2.24. The van der Waals surface area contributed by atoms with Crippen molar-refractivity contribution in [2.45, 2.75) is 37.2 Å². The van der Waals surface area contributed by atoms with Crippen LogP contribution in [-0.4, -0.2) is 39.0 Å². The van der Waals surface area contributed by atoms with E-state index in [1.807, 2.05) is 6.07 Å². The van der Waals surface area contributed by atoms with Gasteiger partial charge in [-0.1, -0.05) is 6.07 Å². The van der Waals surface area contributed by atoms with Crippen molar-refractivity contribution < 1.29 is 8.42 Å². The Labute approximate surface area is 135 Å². The first-order valence-corrected chi connectivity index (χ1v) is 9.44. The van der Waals surface area contributed by atoms with Crippen LogP contribution in [-0.2, 0) is 16.6 Å². The highest BCUT2D eigenvalue weighted by molar-refractivity contribution is 9.10. The van der Waals surface area contributed by atoms with Gasteiger partial charge in [0.1, 0.15) is 0 Å². The minimum absolute atomic E-state index is 0.207. The third-order valence-electron chi connectivity index (χ3n) is 3.85. The fraction of sp³-hybridized carbons (Fsp3) is 0.571. The van der Waals surface area contributed by atoms with Gasteiger partial charge in [0.05, 0.1) is 4.90 Å². The number of nitrogens with two attached hydrogens (primary N) is 1. The van der Waals surface area contributed by atoms with Gasteiger partial charge in [0.25, 0.3) is 0 Å². The van der Waals surface area contributed by atoms with E-state index in [9.17, 15) is 8.42 Å². The summed E-state index contributed by atoms with van der Waals surface area (Å²) in [4.78, 5) is 2.56. The molecule has 1 unspecified atom stereocenters. The number of likely N-dealkylation sites (tertiary alicyclic amines) is 1. The molecule has 5 nitrogen and oxygen atoms in total. The molecule has 0 amide bonds. The second-order valence-electron chi connectivity index (χ2n) is 5.41. The Morgan fingerprint density at radius 3 is 2.67 bits per heavy atom. The molecule has 0 aromatic heterocycles. The predicted molar refractivity (Wildman–Crippen MR) is 87.5 cm³/mol. The lowest BCUT2D eigenvalue weighted by molar-refractivity contribution is 0.260. The standard InChI is InChI=1S/C14H22BrN3O2S/c1-11(18-6-2-3-7-18)10-17-21(19,20)14-8-12(9-16)4-5-13(14)15/h4-5,8,11,17H,2-3,6-7,9-10,16H2,1H3. The van der Waals surface area contributed by atoms with Crippen LogP contribution in [0.2, 0.25) is 0 Å². The molecule has 1 aliphatic rings. The normalized spacial score (nSPS) is 18.0. The first-order chi connectivity index (χ1) is 9.94. The zero-order valence-corrected chi connectivity index (χ0v) is 14.6. The number of rotatable bonds is 6. The average molecular weight is 376 g/mol. The summed E-state index contributed by atoms with van der Waals surface area (Å²) in [5.74, 6) is 0. The maximum atomic E-state index is 12.4.